The number of aliphatic carboxylic acids is 1. The van der Waals surface area contributed by atoms with Crippen molar-refractivity contribution < 1.29 is 9.90 Å². The monoisotopic (exact) mass is 220 g/mol. The fraction of sp³-hybridized carbons (Fsp3) is 0.400. The third-order valence-corrected chi connectivity index (χ3v) is 1.93. The van der Waals surface area contributed by atoms with Crippen LogP contribution in [0.4, 0.5) is 5.95 Å². The summed E-state index contributed by atoms with van der Waals surface area (Å²) in [5, 5.41) is 20.3. The lowest BCUT2D eigenvalue weighted by Crippen LogP contribution is -2.40. The molecule has 0 amide bonds. The van der Waals surface area contributed by atoms with Crippen LogP contribution in [-0.2, 0) is 4.79 Å². The van der Waals surface area contributed by atoms with E-state index in [1.165, 1.54) is 19.9 Å². The third kappa shape index (κ3) is 2.67. The van der Waals surface area contributed by atoms with Gasteiger partial charge in [-0.2, -0.15) is 5.26 Å². The molecule has 16 heavy (non-hydrogen) atoms. The average Bonchev–Trinajstić information content (AvgIpc) is 2.15. The topological polar surface area (TPSA) is 98.9 Å². The number of carboxylic acid groups (broad SMARTS) is 1. The number of nitrogens with one attached hydrogen (secondary N) is 1. The standard InChI is InChI=1S/C10H12N4O2/c1-6-4-7(5-11)13-9(12-6)14-10(2,3)8(15)16/h4H,1-3H3,(H,15,16)(H,12,13,14). The molecular formula is C10H12N4O2. The van der Waals surface area contributed by atoms with Gasteiger partial charge in [-0.05, 0) is 26.8 Å². The Balaban J connectivity index is 3.03. The Labute approximate surface area is 93.0 Å². The molecule has 84 valence electrons. The van der Waals surface area contributed by atoms with Gasteiger partial charge in [-0.3, -0.25) is 0 Å². The predicted octanol–water partition coefficient (Wildman–Crippen LogP) is 0.932. The molecule has 1 rings (SSSR count). The van der Waals surface area contributed by atoms with Crippen LogP contribution < -0.4 is 5.32 Å². The average molecular weight is 220 g/mol. The Hall–Kier alpha value is -2.16. The van der Waals surface area contributed by atoms with E-state index < -0.39 is 11.5 Å². The van der Waals surface area contributed by atoms with Crippen LogP contribution in [0.3, 0.4) is 0 Å². The molecule has 0 bridgehead atoms. The van der Waals surface area contributed by atoms with Crippen molar-refractivity contribution in [2.24, 2.45) is 0 Å². The molecule has 0 saturated carbocycles. The van der Waals surface area contributed by atoms with E-state index in [-0.39, 0.29) is 11.6 Å². The van der Waals surface area contributed by atoms with E-state index in [9.17, 15) is 4.79 Å². The van der Waals surface area contributed by atoms with Gasteiger partial charge in [0.05, 0.1) is 0 Å². The van der Waals surface area contributed by atoms with Gasteiger partial charge in [0.25, 0.3) is 0 Å². The number of aromatic nitrogens is 2. The first-order valence-electron chi connectivity index (χ1n) is 4.62. The molecule has 0 saturated heterocycles. The number of anilines is 1. The minimum atomic E-state index is -1.18. The molecule has 0 aliphatic carbocycles. The fourth-order valence-electron chi connectivity index (χ4n) is 1.01. The van der Waals surface area contributed by atoms with Gasteiger partial charge in [0.2, 0.25) is 5.95 Å². The molecule has 0 aromatic carbocycles. The van der Waals surface area contributed by atoms with Crippen molar-refractivity contribution in [2.75, 3.05) is 5.32 Å². The van der Waals surface area contributed by atoms with Gasteiger partial charge in [-0.15, -0.1) is 0 Å². The zero-order chi connectivity index (χ0) is 12.3. The zero-order valence-electron chi connectivity index (χ0n) is 9.27. The molecule has 0 atom stereocenters. The maximum atomic E-state index is 10.9. The molecule has 6 nitrogen and oxygen atoms in total. The highest BCUT2D eigenvalue weighted by atomic mass is 16.4. The van der Waals surface area contributed by atoms with Gasteiger partial charge in [0.15, 0.2) is 0 Å². The van der Waals surface area contributed by atoms with Gasteiger partial charge in [0, 0.05) is 5.69 Å². The molecule has 0 aliphatic heterocycles. The second-order valence-electron chi connectivity index (χ2n) is 3.89. The number of carboxylic acids is 1. The highest BCUT2D eigenvalue weighted by Gasteiger charge is 2.27. The van der Waals surface area contributed by atoms with Gasteiger partial charge < -0.3 is 10.4 Å². The van der Waals surface area contributed by atoms with Crippen LogP contribution in [0.15, 0.2) is 6.07 Å². The Bertz CT molecular complexity index is 462. The van der Waals surface area contributed by atoms with Crippen LogP contribution in [0.2, 0.25) is 0 Å². The van der Waals surface area contributed by atoms with Crippen molar-refractivity contribution in [3.05, 3.63) is 17.5 Å². The van der Waals surface area contributed by atoms with Gasteiger partial charge in [-0.1, -0.05) is 0 Å². The summed E-state index contributed by atoms with van der Waals surface area (Å²) >= 11 is 0. The van der Waals surface area contributed by atoms with Crippen LogP contribution in [0, 0.1) is 18.3 Å². The zero-order valence-corrected chi connectivity index (χ0v) is 9.27. The summed E-state index contributed by atoms with van der Waals surface area (Å²) in [6.07, 6.45) is 0. The quantitative estimate of drug-likeness (QED) is 0.786. The second kappa shape index (κ2) is 4.14. The van der Waals surface area contributed by atoms with E-state index in [0.29, 0.717) is 5.69 Å². The van der Waals surface area contributed by atoms with Crippen LogP contribution in [-0.4, -0.2) is 26.6 Å². The Morgan fingerprint density at radius 2 is 2.19 bits per heavy atom. The van der Waals surface area contributed by atoms with Crippen LogP contribution in [0.25, 0.3) is 0 Å². The maximum absolute atomic E-state index is 10.9. The summed E-state index contributed by atoms with van der Waals surface area (Å²) in [5.74, 6) is -0.875. The molecule has 1 aromatic heterocycles. The first kappa shape index (κ1) is 11.9. The summed E-state index contributed by atoms with van der Waals surface area (Å²) in [6.45, 7) is 4.70. The van der Waals surface area contributed by atoms with Crippen LogP contribution in [0.1, 0.15) is 25.2 Å². The summed E-state index contributed by atoms with van der Waals surface area (Å²) in [7, 11) is 0. The summed E-state index contributed by atoms with van der Waals surface area (Å²) in [5.41, 5.74) is -0.369. The van der Waals surface area contributed by atoms with E-state index in [1.807, 2.05) is 6.07 Å². The van der Waals surface area contributed by atoms with E-state index in [4.69, 9.17) is 10.4 Å². The van der Waals surface area contributed by atoms with E-state index in [0.717, 1.165) is 0 Å². The van der Waals surface area contributed by atoms with Crippen molar-refractivity contribution in [1.29, 1.82) is 5.26 Å². The fourth-order valence-corrected chi connectivity index (χ4v) is 1.01. The molecule has 6 heteroatoms. The smallest absolute Gasteiger partial charge is 0.328 e. The number of aryl methyl sites for hydroxylation is 1. The lowest BCUT2D eigenvalue weighted by Gasteiger charge is -2.20. The van der Waals surface area contributed by atoms with Gasteiger partial charge in [-0.25, -0.2) is 14.8 Å². The van der Waals surface area contributed by atoms with E-state index in [2.05, 4.69) is 15.3 Å². The van der Waals surface area contributed by atoms with Gasteiger partial charge in [0.1, 0.15) is 17.3 Å². The van der Waals surface area contributed by atoms with Gasteiger partial charge >= 0.3 is 5.97 Å². The molecule has 0 spiro atoms. The third-order valence-electron chi connectivity index (χ3n) is 1.93. The molecular weight excluding hydrogens is 208 g/mol. The number of rotatable bonds is 3. The highest BCUT2D eigenvalue weighted by molar-refractivity contribution is 5.80. The van der Waals surface area contributed by atoms with Crippen molar-refractivity contribution in [3.63, 3.8) is 0 Å². The lowest BCUT2D eigenvalue weighted by molar-refractivity contribution is -0.141. The van der Waals surface area contributed by atoms with Crippen molar-refractivity contribution in [3.8, 4) is 6.07 Å². The van der Waals surface area contributed by atoms with Crippen molar-refractivity contribution in [1.82, 2.24) is 9.97 Å². The molecule has 0 fully saturated rings. The van der Waals surface area contributed by atoms with Crippen molar-refractivity contribution >= 4 is 11.9 Å². The molecule has 0 unspecified atom stereocenters. The first-order chi connectivity index (χ1) is 7.35. The first-order valence-corrected chi connectivity index (χ1v) is 4.62. The normalized spacial score (nSPS) is 10.6. The van der Waals surface area contributed by atoms with E-state index >= 15 is 0 Å². The van der Waals surface area contributed by atoms with Crippen LogP contribution >= 0.6 is 0 Å². The predicted molar refractivity (Wildman–Crippen MR) is 56.8 cm³/mol. The molecule has 1 aromatic rings. The second-order valence-corrected chi connectivity index (χ2v) is 3.89. The Morgan fingerprint density at radius 1 is 1.56 bits per heavy atom. The van der Waals surface area contributed by atoms with Crippen LogP contribution in [0.5, 0.6) is 0 Å². The number of carbonyl (C=O) groups is 1. The highest BCUT2D eigenvalue weighted by Crippen LogP contribution is 2.12. The number of nitriles is 1. The minimum Gasteiger partial charge on any atom is -0.480 e. The molecule has 2 N–H and O–H groups in total. The summed E-state index contributed by atoms with van der Waals surface area (Å²) < 4.78 is 0. The molecule has 0 aliphatic rings. The number of hydrogen-bond donors (Lipinski definition) is 2. The number of hydrogen-bond acceptors (Lipinski definition) is 5. The molecule has 0 radical (unpaired) electrons. The SMILES string of the molecule is Cc1cc(C#N)nc(NC(C)(C)C(=O)O)n1. The number of nitrogens with zero attached hydrogens (tertiary/aromatic N) is 3. The largest absolute Gasteiger partial charge is 0.480 e. The summed E-state index contributed by atoms with van der Waals surface area (Å²) in [6, 6.07) is 3.41. The lowest BCUT2D eigenvalue weighted by atomic mass is 10.1. The Morgan fingerprint density at radius 3 is 2.69 bits per heavy atom. The van der Waals surface area contributed by atoms with Crippen molar-refractivity contribution in [2.45, 2.75) is 26.3 Å². The molecule has 1 heterocycles. The van der Waals surface area contributed by atoms with E-state index in [1.54, 1.807) is 6.92 Å². The Kier molecular flexibility index (Phi) is 3.09. The maximum Gasteiger partial charge on any atom is 0.328 e. The summed E-state index contributed by atoms with van der Waals surface area (Å²) in [4.78, 5) is 18.8. The minimum absolute atomic E-state index is 0.143.